The Labute approximate surface area is 200 Å². The lowest BCUT2D eigenvalue weighted by Crippen LogP contribution is -2.32. The van der Waals surface area contributed by atoms with Crippen molar-refractivity contribution in [3.05, 3.63) is 58.2 Å². The zero-order valence-corrected chi connectivity index (χ0v) is 20.5. The van der Waals surface area contributed by atoms with Gasteiger partial charge in [0, 0.05) is 6.54 Å². The van der Waals surface area contributed by atoms with E-state index in [1.54, 1.807) is 18.2 Å². The Kier molecular flexibility index (Phi) is 7.51. The van der Waals surface area contributed by atoms with Gasteiger partial charge in [-0.25, -0.2) is 0 Å². The number of phenolic OH excluding ortho intramolecular Hbond substituents is 1. The SMILES string of the molecule is COc1ccc(C2/C(=C(\O)c3cc(C)cc(C)c3OC)C(=O)C(=O)N2CCCN(C)C)cc1O. The van der Waals surface area contributed by atoms with E-state index in [1.807, 2.05) is 38.9 Å². The van der Waals surface area contributed by atoms with E-state index in [-0.39, 0.29) is 22.8 Å². The molecule has 1 aliphatic heterocycles. The van der Waals surface area contributed by atoms with Crippen LogP contribution in [0.25, 0.3) is 5.76 Å². The van der Waals surface area contributed by atoms with Crippen molar-refractivity contribution in [3.8, 4) is 17.2 Å². The number of ether oxygens (including phenoxy) is 2. The Balaban J connectivity index is 2.22. The number of aliphatic hydroxyl groups excluding tert-OH is 1. The summed E-state index contributed by atoms with van der Waals surface area (Å²) in [7, 11) is 6.79. The van der Waals surface area contributed by atoms with Gasteiger partial charge in [-0.05, 0) is 75.8 Å². The van der Waals surface area contributed by atoms with E-state index in [0.29, 0.717) is 36.4 Å². The van der Waals surface area contributed by atoms with Crippen LogP contribution in [0.4, 0.5) is 0 Å². The molecule has 0 aliphatic carbocycles. The minimum absolute atomic E-state index is 0.0391. The van der Waals surface area contributed by atoms with Gasteiger partial charge in [-0.1, -0.05) is 12.1 Å². The van der Waals surface area contributed by atoms with Gasteiger partial charge in [0.15, 0.2) is 11.5 Å². The van der Waals surface area contributed by atoms with Gasteiger partial charge >= 0.3 is 0 Å². The van der Waals surface area contributed by atoms with E-state index in [1.165, 1.54) is 25.2 Å². The lowest BCUT2D eigenvalue weighted by molar-refractivity contribution is -0.139. The van der Waals surface area contributed by atoms with Gasteiger partial charge in [0.1, 0.15) is 11.5 Å². The number of hydrogen-bond donors (Lipinski definition) is 2. The number of hydrogen-bond acceptors (Lipinski definition) is 7. The molecule has 1 unspecified atom stereocenters. The van der Waals surface area contributed by atoms with Crippen LogP contribution in [-0.2, 0) is 9.59 Å². The molecule has 8 heteroatoms. The van der Waals surface area contributed by atoms with Gasteiger partial charge in [0.2, 0.25) is 0 Å². The second-order valence-corrected chi connectivity index (χ2v) is 8.74. The minimum Gasteiger partial charge on any atom is -0.507 e. The molecule has 1 saturated heterocycles. The van der Waals surface area contributed by atoms with Crippen LogP contribution in [0.15, 0.2) is 35.9 Å². The topological polar surface area (TPSA) is 99.5 Å². The maximum Gasteiger partial charge on any atom is 0.295 e. The maximum atomic E-state index is 13.2. The maximum absolute atomic E-state index is 13.2. The summed E-state index contributed by atoms with van der Waals surface area (Å²) >= 11 is 0. The van der Waals surface area contributed by atoms with E-state index in [9.17, 15) is 19.8 Å². The van der Waals surface area contributed by atoms with Crippen molar-refractivity contribution in [1.29, 1.82) is 0 Å². The quantitative estimate of drug-likeness (QED) is 0.348. The summed E-state index contributed by atoms with van der Waals surface area (Å²) < 4.78 is 10.7. The lowest BCUT2D eigenvalue weighted by atomic mass is 9.93. The van der Waals surface area contributed by atoms with Crippen molar-refractivity contribution in [2.45, 2.75) is 26.3 Å². The molecule has 2 aromatic carbocycles. The lowest BCUT2D eigenvalue weighted by Gasteiger charge is -2.26. The van der Waals surface area contributed by atoms with E-state index < -0.39 is 17.7 Å². The van der Waals surface area contributed by atoms with Crippen LogP contribution in [0, 0.1) is 13.8 Å². The van der Waals surface area contributed by atoms with Gasteiger partial charge in [0.25, 0.3) is 11.7 Å². The molecule has 3 rings (SSSR count). The number of Topliss-reactive ketones (excluding diaryl/α,β-unsaturated/α-hetero) is 1. The molecule has 0 aromatic heterocycles. The zero-order valence-electron chi connectivity index (χ0n) is 20.5. The molecule has 2 N–H and O–H groups in total. The Hall–Kier alpha value is -3.52. The largest absolute Gasteiger partial charge is 0.507 e. The van der Waals surface area contributed by atoms with Crippen molar-refractivity contribution < 1.29 is 29.3 Å². The monoisotopic (exact) mass is 468 g/mol. The zero-order chi connectivity index (χ0) is 25.2. The number of rotatable bonds is 8. The molecule has 1 amide bonds. The highest BCUT2D eigenvalue weighted by Crippen LogP contribution is 2.43. The summed E-state index contributed by atoms with van der Waals surface area (Å²) in [5, 5.41) is 21.8. The molecule has 1 atom stereocenters. The molecular weight excluding hydrogens is 436 g/mol. The first kappa shape index (κ1) is 25.1. The number of benzene rings is 2. The number of carbonyl (C=O) groups excluding carboxylic acids is 2. The molecule has 1 heterocycles. The molecule has 1 fully saturated rings. The summed E-state index contributed by atoms with van der Waals surface area (Å²) in [4.78, 5) is 29.8. The van der Waals surface area contributed by atoms with E-state index >= 15 is 0 Å². The van der Waals surface area contributed by atoms with Crippen molar-refractivity contribution in [2.75, 3.05) is 41.4 Å². The number of ketones is 1. The molecule has 8 nitrogen and oxygen atoms in total. The van der Waals surface area contributed by atoms with Gasteiger partial charge in [-0.2, -0.15) is 0 Å². The van der Waals surface area contributed by atoms with E-state index in [4.69, 9.17) is 9.47 Å². The molecular formula is C26H32N2O6. The summed E-state index contributed by atoms with van der Waals surface area (Å²) in [5.74, 6) is -1.20. The molecule has 34 heavy (non-hydrogen) atoms. The fourth-order valence-electron chi connectivity index (χ4n) is 4.44. The first-order valence-electron chi connectivity index (χ1n) is 11.1. The molecule has 0 saturated carbocycles. The van der Waals surface area contributed by atoms with Crippen LogP contribution in [-0.4, -0.2) is 73.1 Å². The van der Waals surface area contributed by atoms with Crippen LogP contribution in [0.2, 0.25) is 0 Å². The van der Waals surface area contributed by atoms with E-state index in [2.05, 4.69) is 0 Å². The predicted octanol–water partition coefficient (Wildman–Crippen LogP) is 3.40. The molecule has 0 bridgehead atoms. The van der Waals surface area contributed by atoms with Crippen LogP contribution < -0.4 is 9.47 Å². The highest BCUT2D eigenvalue weighted by Gasteiger charge is 2.46. The van der Waals surface area contributed by atoms with Crippen molar-refractivity contribution in [2.24, 2.45) is 0 Å². The molecule has 2 aromatic rings. The van der Waals surface area contributed by atoms with Crippen molar-refractivity contribution in [1.82, 2.24) is 9.80 Å². The normalized spacial score (nSPS) is 17.5. The summed E-state index contributed by atoms with van der Waals surface area (Å²) in [6.07, 6.45) is 0.631. The van der Waals surface area contributed by atoms with Crippen molar-refractivity contribution in [3.63, 3.8) is 0 Å². The third-order valence-electron chi connectivity index (χ3n) is 5.94. The second kappa shape index (κ2) is 10.2. The Bertz CT molecular complexity index is 1140. The number of amides is 1. The summed E-state index contributed by atoms with van der Waals surface area (Å²) in [6.45, 7) is 4.75. The van der Waals surface area contributed by atoms with Gasteiger partial charge < -0.3 is 29.5 Å². The number of aliphatic hydroxyl groups is 1. The number of nitrogens with zero attached hydrogens (tertiary/aromatic N) is 2. The number of aromatic hydroxyl groups is 1. The molecule has 0 spiro atoms. The Morgan fingerprint density at radius 3 is 2.38 bits per heavy atom. The molecule has 1 aliphatic rings. The third kappa shape index (κ3) is 4.72. The average Bonchev–Trinajstić information content (AvgIpc) is 3.02. The highest BCUT2D eigenvalue weighted by molar-refractivity contribution is 6.46. The first-order valence-corrected chi connectivity index (χ1v) is 11.1. The van der Waals surface area contributed by atoms with Crippen LogP contribution in [0.5, 0.6) is 17.2 Å². The summed E-state index contributed by atoms with van der Waals surface area (Å²) in [6, 6.07) is 7.48. The van der Waals surface area contributed by atoms with Gasteiger partial charge in [-0.3, -0.25) is 9.59 Å². The number of likely N-dealkylation sites (tertiary alicyclic amines) is 1. The summed E-state index contributed by atoms with van der Waals surface area (Å²) in [5.41, 5.74) is 2.46. The van der Waals surface area contributed by atoms with Crippen molar-refractivity contribution >= 4 is 17.4 Å². The molecule has 0 radical (unpaired) electrons. The fraction of sp³-hybridized carbons (Fsp3) is 0.385. The van der Waals surface area contributed by atoms with Crippen LogP contribution in [0.3, 0.4) is 0 Å². The fourth-order valence-corrected chi connectivity index (χ4v) is 4.44. The molecule has 182 valence electrons. The standard InChI is InChI=1S/C26H32N2O6/c1-15-12-16(2)25(34-6)18(13-15)23(30)21-22(17-8-9-20(33-5)19(29)14-17)28(26(32)24(21)31)11-7-10-27(3)4/h8-9,12-14,22,29-30H,7,10-11H2,1-6H3/b23-21+. The van der Waals surface area contributed by atoms with Crippen LogP contribution in [0.1, 0.15) is 34.7 Å². The average molecular weight is 469 g/mol. The second-order valence-electron chi connectivity index (χ2n) is 8.74. The van der Waals surface area contributed by atoms with Crippen LogP contribution >= 0.6 is 0 Å². The third-order valence-corrected chi connectivity index (χ3v) is 5.94. The number of carbonyl (C=O) groups is 2. The Morgan fingerprint density at radius 1 is 1.09 bits per heavy atom. The predicted molar refractivity (Wildman–Crippen MR) is 129 cm³/mol. The first-order chi connectivity index (χ1) is 16.1. The Morgan fingerprint density at radius 2 is 1.79 bits per heavy atom. The highest BCUT2D eigenvalue weighted by atomic mass is 16.5. The number of aryl methyl sites for hydroxylation is 2. The smallest absolute Gasteiger partial charge is 0.295 e. The minimum atomic E-state index is -0.871. The number of phenols is 1. The van der Waals surface area contributed by atoms with E-state index in [0.717, 1.165) is 11.1 Å². The van der Waals surface area contributed by atoms with Gasteiger partial charge in [-0.15, -0.1) is 0 Å². The number of methoxy groups -OCH3 is 2. The van der Waals surface area contributed by atoms with Gasteiger partial charge in [0.05, 0.1) is 31.4 Å².